The Morgan fingerprint density at radius 2 is 1.95 bits per heavy atom. The lowest BCUT2D eigenvalue weighted by Gasteiger charge is -2.24. The van der Waals surface area contributed by atoms with E-state index >= 15 is 0 Å². The highest BCUT2D eigenvalue weighted by Gasteiger charge is 2.31. The summed E-state index contributed by atoms with van der Waals surface area (Å²) in [5.41, 5.74) is 0.632. The molecule has 3 rings (SSSR count). The first kappa shape index (κ1) is 14.8. The highest BCUT2D eigenvalue weighted by molar-refractivity contribution is 5.47. The van der Waals surface area contributed by atoms with Crippen LogP contribution in [0.15, 0.2) is 22.7 Å². The number of methoxy groups -OCH3 is 1. The third-order valence-corrected chi connectivity index (χ3v) is 3.80. The smallest absolute Gasteiger partial charge is 0.236 e. The summed E-state index contributed by atoms with van der Waals surface area (Å²) in [6, 6.07) is 5.91. The van der Waals surface area contributed by atoms with Crippen LogP contribution in [0, 0.1) is 0 Å². The molecule has 0 N–H and O–H groups in total. The SMILES string of the molecule is COCCc1noc(C(C)(C)c2ccc3c(c2)OCCO3)n1. The first-order valence-corrected chi connectivity index (χ1v) is 7.33. The van der Waals surface area contributed by atoms with Crippen molar-refractivity contribution in [1.29, 1.82) is 0 Å². The fraction of sp³-hybridized carbons (Fsp3) is 0.500. The van der Waals surface area contributed by atoms with Crippen LogP contribution >= 0.6 is 0 Å². The Kier molecular flexibility index (Phi) is 4.02. The summed E-state index contributed by atoms with van der Waals surface area (Å²) in [4.78, 5) is 4.48. The molecule has 1 aliphatic rings. The molecule has 1 aromatic heterocycles. The van der Waals surface area contributed by atoms with Crippen LogP contribution in [0.1, 0.15) is 31.1 Å². The standard InChI is InChI=1S/C16H20N2O4/c1-16(2,15-17-14(18-22-15)6-7-19-3)11-4-5-12-13(10-11)21-9-8-20-12/h4-5,10H,6-9H2,1-3H3. The van der Waals surface area contributed by atoms with E-state index in [1.807, 2.05) is 32.0 Å². The van der Waals surface area contributed by atoms with E-state index in [4.69, 9.17) is 18.7 Å². The van der Waals surface area contributed by atoms with Gasteiger partial charge in [0.1, 0.15) is 13.2 Å². The molecule has 0 atom stereocenters. The number of ether oxygens (including phenoxy) is 3. The number of hydrogen-bond donors (Lipinski definition) is 0. The van der Waals surface area contributed by atoms with Gasteiger partial charge in [-0.1, -0.05) is 11.2 Å². The topological polar surface area (TPSA) is 66.6 Å². The van der Waals surface area contributed by atoms with Crippen molar-refractivity contribution in [2.24, 2.45) is 0 Å². The van der Waals surface area contributed by atoms with Gasteiger partial charge >= 0.3 is 0 Å². The molecule has 0 unspecified atom stereocenters. The lowest BCUT2D eigenvalue weighted by molar-refractivity contribution is 0.171. The van der Waals surface area contributed by atoms with E-state index in [0.29, 0.717) is 38.0 Å². The van der Waals surface area contributed by atoms with Crippen LogP contribution in [0.5, 0.6) is 11.5 Å². The lowest BCUT2D eigenvalue weighted by atomic mass is 9.84. The Labute approximate surface area is 129 Å². The van der Waals surface area contributed by atoms with Crippen molar-refractivity contribution in [3.63, 3.8) is 0 Å². The third-order valence-electron chi connectivity index (χ3n) is 3.80. The van der Waals surface area contributed by atoms with Gasteiger partial charge in [0.15, 0.2) is 17.3 Å². The van der Waals surface area contributed by atoms with E-state index in [0.717, 1.165) is 17.1 Å². The Balaban J connectivity index is 1.87. The summed E-state index contributed by atoms with van der Waals surface area (Å²) in [6.07, 6.45) is 0.636. The van der Waals surface area contributed by atoms with Gasteiger partial charge in [0, 0.05) is 13.5 Å². The molecule has 0 bridgehead atoms. The molecular weight excluding hydrogens is 284 g/mol. The molecule has 0 saturated heterocycles. The lowest BCUT2D eigenvalue weighted by Crippen LogP contribution is -2.21. The first-order chi connectivity index (χ1) is 10.6. The van der Waals surface area contributed by atoms with Crippen molar-refractivity contribution < 1.29 is 18.7 Å². The molecular formula is C16H20N2O4. The monoisotopic (exact) mass is 304 g/mol. The molecule has 6 heteroatoms. The molecule has 1 aromatic carbocycles. The summed E-state index contributed by atoms with van der Waals surface area (Å²) < 4.78 is 21.7. The van der Waals surface area contributed by atoms with Gasteiger partial charge < -0.3 is 18.7 Å². The zero-order valence-electron chi connectivity index (χ0n) is 13.1. The second-order valence-corrected chi connectivity index (χ2v) is 5.74. The van der Waals surface area contributed by atoms with Gasteiger partial charge in [0.05, 0.1) is 12.0 Å². The number of nitrogens with zero attached hydrogens (tertiary/aromatic N) is 2. The molecule has 2 aromatic rings. The summed E-state index contributed by atoms with van der Waals surface area (Å²) in [5.74, 6) is 2.77. The second-order valence-electron chi connectivity index (χ2n) is 5.74. The van der Waals surface area contributed by atoms with Crippen LogP contribution in [0.4, 0.5) is 0 Å². The maximum atomic E-state index is 5.65. The van der Waals surface area contributed by atoms with Gasteiger partial charge in [-0.15, -0.1) is 0 Å². The fourth-order valence-electron chi connectivity index (χ4n) is 2.36. The fourth-order valence-corrected chi connectivity index (χ4v) is 2.36. The number of aromatic nitrogens is 2. The maximum absolute atomic E-state index is 5.65. The quantitative estimate of drug-likeness (QED) is 0.845. The van der Waals surface area contributed by atoms with Gasteiger partial charge in [-0.3, -0.25) is 0 Å². The van der Waals surface area contributed by atoms with E-state index < -0.39 is 5.41 Å². The van der Waals surface area contributed by atoms with Crippen molar-refractivity contribution in [3.8, 4) is 11.5 Å². The first-order valence-electron chi connectivity index (χ1n) is 7.33. The zero-order chi connectivity index (χ0) is 15.6. The predicted molar refractivity (Wildman–Crippen MR) is 79.4 cm³/mol. The molecule has 0 saturated carbocycles. The molecule has 118 valence electrons. The minimum absolute atomic E-state index is 0.409. The third kappa shape index (κ3) is 2.78. The predicted octanol–water partition coefficient (Wildman–Crippen LogP) is 2.36. The van der Waals surface area contributed by atoms with E-state index in [-0.39, 0.29) is 0 Å². The van der Waals surface area contributed by atoms with Crippen LogP contribution in [-0.4, -0.2) is 37.1 Å². The number of rotatable bonds is 5. The van der Waals surface area contributed by atoms with E-state index in [1.54, 1.807) is 7.11 Å². The Morgan fingerprint density at radius 3 is 2.73 bits per heavy atom. The second kappa shape index (κ2) is 5.96. The summed E-state index contributed by atoms with van der Waals surface area (Å²) >= 11 is 0. The normalized spacial score (nSPS) is 14.1. The molecule has 22 heavy (non-hydrogen) atoms. The zero-order valence-corrected chi connectivity index (χ0v) is 13.1. The molecule has 0 radical (unpaired) electrons. The number of benzene rings is 1. The van der Waals surface area contributed by atoms with Gasteiger partial charge in [0.25, 0.3) is 0 Å². The minimum Gasteiger partial charge on any atom is -0.486 e. The molecule has 1 aliphatic heterocycles. The van der Waals surface area contributed by atoms with Crippen LogP contribution in [0.2, 0.25) is 0 Å². The van der Waals surface area contributed by atoms with Gasteiger partial charge in [0.2, 0.25) is 5.89 Å². The Hall–Kier alpha value is -2.08. The van der Waals surface area contributed by atoms with E-state index in [2.05, 4.69) is 10.1 Å². The van der Waals surface area contributed by atoms with Gasteiger partial charge in [-0.05, 0) is 31.5 Å². The van der Waals surface area contributed by atoms with Gasteiger partial charge in [-0.2, -0.15) is 4.98 Å². The van der Waals surface area contributed by atoms with Crippen LogP contribution in [-0.2, 0) is 16.6 Å². The van der Waals surface area contributed by atoms with Crippen LogP contribution in [0.3, 0.4) is 0 Å². The minimum atomic E-state index is -0.409. The van der Waals surface area contributed by atoms with E-state index in [1.165, 1.54) is 0 Å². The molecule has 0 amide bonds. The largest absolute Gasteiger partial charge is 0.486 e. The van der Waals surface area contributed by atoms with Crippen molar-refractivity contribution in [1.82, 2.24) is 10.1 Å². The van der Waals surface area contributed by atoms with Crippen molar-refractivity contribution in [2.45, 2.75) is 25.7 Å². The molecule has 0 spiro atoms. The summed E-state index contributed by atoms with van der Waals surface area (Å²) in [5, 5.41) is 4.01. The van der Waals surface area contributed by atoms with Crippen molar-refractivity contribution in [3.05, 3.63) is 35.5 Å². The average Bonchev–Trinajstić information content (AvgIpc) is 3.02. The van der Waals surface area contributed by atoms with E-state index in [9.17, 15) is 0 Å². The average molecular weight is 304 g/mol. The number of hydrogen-bond acceptors (Lipinski definition) is 6. The molecule has 2 heterocycles. The van der Waals surface area contributed by atoms with Crippen molar-refractivity contribution in [2.75, 3.05) is 26.9 Å². The highest BCUT2D eigenvalue weighted by atomic mass is 16.6. The summed E-state index contributed by atoms with van der Waals surface area (Å²) in [7, 11) is 1.65. The summed E-state index contributed by atoms with van der Waals surface area (Å²) in [6.45, 7) is 5.82. The van der Waals surface area contributed by atoms with Gasteiger partial charge in [-0.25, -0.2) is 0 Å². The van der Waals surface area contributed by atoms with Crippen LogP contribution in [0.25, 0.3) is 0 Å². The Bertz CT molecular complexity index is 651. The highest BCUT2D eigenvalue weighted by Crippen LogP contribution is 2.37. The van der Waals surface area contributed by atoms with Crippen molar-refractivity contribution >= 4 is 0 Å². The molecule has 0 fully saturated rings. The van der Waals surface area contributed by atoms with Crippen LogP contribution < -0.4 is 9.47 Å². The Morgan fingerprint density at radius 1 is 1.18 bits per heavy atom. The number of fused-ring (bicyclic) bond motifs is 1. The molecule has 6 nitrogen and oxygen atoms in total. The maximum Gasteiger partial charge on any atom is 0.236 e. The molecule has 0 aliphatic carbocycles.